The van der Waals surface area contributed by atoms with Gasteiger partial charge in [0, 0.05) is 39.4 Å². The van der Waals surface area contributed by atoms with Gasteiger partial charge in [-0.25, -0.2) is 0 Å². The third kappa shape index (κ3) is 6.90. The Kier molecular flexibility index (Phi) is 9.84. The first-order chi connectivity index (χ1) is 31.2. The Balaban J connectivity index is 1.00. The van der Waals surface area contributed by atoms with E-state index < -0.39 is 0 Å². The van der Waals surface area contributed by atoms with Crippen LogP contribution in [0.1, 0.15) is 68.1 Å². The molecule has 2 atom stereocenters. The highest BCUT2D eigenvalue weighted by Gasteiger charge is 2.27. The Morgan fingerprint density at radius 2 is 1.03 bits per heavy atom. The van der Waals surface area contributed by atoms with E-state index in [2.05, 4.69) is 244 Å². The number of rotatable bonds is 7. The van der Waals surface area contributed by atoms with E-state index in [1.807, 2.05) is 0 Å². The molecule has 0 radical (unpaired) electrons. The van der Waals surface area contributed by atoms with Crippen molar-refractivity contribution in [2.24, 2.45) is 11.8 Å². The van der Waals surface area contributed by atoms with Crippen molar-refractivity contribution in [2.75, 3.05) is 4.90 Å². The van der Waals surface area contributed by atoms with E-state index in [1.165, 1.54) is 88.7 Å². The second-order valence-corrected chi connectivity index (χ2v) is 19.1. The maximum atomic E-state index is 2.47. The van der Waals surface area contributed by atoms with Gasteiger partial charge in [-0.05, 0) is 152 Å². The number of benzene rings is 8. The van der Waals surface area contributed by atoms with Crippen molar-refractivity contribution < 1.29 is 0 Å². The summed E-state index contributed by atoms with van der Waals surface area (Å²) in [6, 6.07) is 67.5. The first kappa shape index (κ1) is 39.7. The molecule has 2 nitrogen and oxygen atoms in total. The molecular formula is C62H54N2. The lowest BCUT2D eigenvalue weighted by Crippen LogP contribution is -2.14. The summed E-state index contributed by atoms with van der Waals surface area (Å²) in [4.78, 5) is 2.41. The molecule has 0 bridgehead atoms. The molecule has 0 amide bonds. The number of fused-ring (bicyclic) bond motifs is 5. The van der Waals surface area contributed by atoms with Crippen LogP contribution in [0.2, 0.25) is 0 Å². The van der Waals surface area contributed by atoms with Crippen LogP contribution in [0.4, 0.5) is 17.1 Å². The molecule has 64 heavy (non-hydrogen) atoms. The standard InChI is InChI=1S/C62H54N2/c1-41-24-37-54-57(38-41)61(44-16-8-6-9-17-44)53-22-13-12-21-52(53)60(54)45-27-33-49(34-28-45)63(50-35-29-46(30-36-50)62(3,4)5)48-31-25-43(26-32-48)55-40-56-51-20-14-15-23-58(51)64(59(56)39-42(55)2)47-18-10-7-11-19-47/h6-37,40-42H,38-39H2,1-5H3. The highest BCUT2D eigenvalue weighted by Crippen LogP contribution is 2.47. The zero-order valence-corrected chi connectivity index (χ0v) is 37.5. The predicted molar refractivity (Wildman–Crippen MR) is 274 cm³/mol. The molecule has 2 aliphatic rings. The monoisotopic (exact) mass is 826 g/mol. The Morgan fingerprint density at radius 1 is 0.500 bits per heavy atom. The van der Waals surface area contributed by atoms with Crippen molar-refractivity contribution in [3.05, 3.63) is 222 Å². The summed E-state index contributed by atoms with van der Waals surface area (Å²) in [5.74, 6) is 0.841. The maximum absolute atomic E-state index is 2.47. The summed E-state index contributed by atoms with van der Waals surface area (Å²) in [5.41, 5.74) is 20.7. The minimum atomic E-state index is 0.0640. The molecule has 8 aromatic carbocycles. The van der Waals surface area contributed by atoms with Gasteiger partial charge in [0.1, 0.15) is 0 Å². The van der Waals surface area contributed by atoms with Crippen LogP contribution in [0.25, 0.3) is 67.3 Å². The average Bonchev–Trinajstić information content (AvgIpc) is 3.64. The summed E-state index contributed by atoms with van der Waals surface area (Å²) >= 11 is 0. The summed E-state index contributed by atoms with van der Waals surface area (Å²) in [6.07, 6.45) is 9.25. The van der Waals surface area contributed by atoms with Gasteiger partial charge in [0.05, 0.1) is 5.52 Å². The smallest absolute Gasteiger partial charge is 0.0537 e. The van der Waals surface area contributed by atoms with Crippen molar-refractivity contribution >= 4 is 56.5 Å². The number of nitrogens with zero attached hydrogens (tertiary/aromatic N) is 2. The molecular weight excluding hydrogens is 773 g/mol. The summed E-state index contributed by atoms with van der Waals surface area (Å²) in [7, 11) is 0. The second-order valence-electron chi connectivity index (χ2n) is 19.1. The maximum Gasteiger partial charge on any atom is 0.0537 e. The third-order valence-electron chi connectivity index (χ3n) is 13.8. The Labute approximate surface area is 378 Å². The van der Waals surface area contributed by atoms with Crippen LogP contribution < -0.4 is 4.90 Å². The zero-order chi connectivity index (χ0) is 43.5. The highest BCUT2D eigenvalue weighted by molar-refractivity contribution is 6.10. The Morgan fingerprint density at radius 3 is 1.67 bits per heavy atom. The number of anilines is 3. The number of hydrogen-bond donors (Lipinski definition) is 0. The minimum Gasteiger partial charge on any atom is -0.313 e. The van der Waals surface area contributed by atoms with Crippen LogP contribution in [-0.4, -0.2) is 4.57 Å². The number of para-hydroxylation sites is 2. The predicted octanol–water partition coefficient (Wildman–Crippen LogP) is 16.8. The van der Waals surface area contributed by atoms with Gasteiger partial charge in [-0.2, -0.15) is 0 Å². The van der Waals surface area contributed by atoms with Crippen LogP contribution >= 0.6 is 0 Å². The molecule has 2 heteroatoms. The number of allylic oxidation sites excluding steroid dienone is 2. The third-order valence-corrected chi connectivity index (χ3v) is 13.8. The van der Waals surface area contributed by atoms with Gasteiger partial charge in [0.2, 0.25) is 0 Å². The van der Waals surface area contributed by atoms with Crippen LogP contribution in [-0.2, 0) is 18.3 Å². The quantitative estimate of drug-likeness (QED) is 0.155. The molecule has 0 N–H and O–H groups in total. The molecule has 1 heterocycles. The van der Waals surface area contributed by atoms with Crippen LogP contribution in [0.3, 0.4) is 0 Å². The number of hydrogen-bond acceptors (Lipinski definition) is 1. The molecule has 1 aromatic heterocycles. The van der Waals surface area contributed by atoms with Crippen LogP contribution in [0.5, 0.6) is 0 Å². The fourth-order valence-corrected chi connectivity index (χ4v) is 10.6. The first-order valence-electron chi connectivity index (χ1n) is 23.0. The molecule has 0 aliphatic heterocycles. The molecule has 2 unspecified atom stereocenters. The van der Waals surface area contributed by atoms with Crippen molar-refractivity contribution in [3.8, 4) is 27.9 Å². The van der Waals surface area contributed by atoms with E-state index in [9.17, 15) is 0 Å². The van der Waals surface area contributed by atoms with E-state index in [-0.39, 0.29) is 5.41 Å². The summed E-state index contributed by atoms with van der Waals surface area (Å²) in [6.45, 7) is 11.6. The molecule has 0 saturated carbocycles. The van der Waals surface area contributed by atoms with Gasteiger partial charge in [0.25, 0.3) is 0 Å². The molecule has 0 fully saturated rings. The summed E-state index contributed by atoms with van der Waals surface area (Å²) in [5, 5.41) is 3.91. The first-order valence-corrected chi connectivity index (χ1v) is 23.0. The fraction of sp³-hybridized carbons (Fsp3) is 0.161. The van der Waals surface area contributed by atoms with Crippen molar-refractivity contribution in [1.29, 1.82) is 0 Å². The number of aromatic nitrogens is 1. The lowest BCUT2D eigenvalue weighted by molar-refractivity contribution is 0.590. The molecule has 11 rings (SSSR count). The van der Waals surface area contributed by atoms with Crippen molar-refractivity contribution in [2.45, 2.75) is 52.9 Å². The van der Waals surface area contributed by atoms with E-state index in [0.29, 0.717) is 11.8 Å². The largest absolute Gasteiger partial charge is 0.313 e. The van der Waals surface area contributed by atoms with E-state index in [4.69, 9.17) is 0 Å². The van der Waals surface area contributed by atoms with Crippen molar-refractivity contribution in [1.82, 2.24) is 4.57 Å². The Hall–Kier alpha value is -7.16. The van der Waals surface area contributed by atoms with Gasteiger partial charge >= 0.3 is 0 Å². The van der Waals surface area contributed by atoms with E-state index in [1.54, 1.807) is 0 Å². The molecule has 2 aliphatic carbocycles. The van der Waals surface area contributed by atoms with Gasteiger partial charge in [-0.15, -0.1) is 0 Å². The zero-order valence-electron chi connectivity index (χ0n) is 37.5. The molecule has 9 aromatic rings. The lowest BCUT2D eigenvalue weighted by Gasteiger charge is -2.28. The summed E-state index contributed by atoms with van der Waals surface area (Å²) < 4.78 is 2.47. The second kappa shape index (κ2) is 15.9. The normalized spacial score (nSPS) is 15.8. The lowest BCUT2D eigenvalue weighted by atomic mass is 9.78. The van der Waals surface area contributed by atoms with E-state index >= 15 is 0 Å². The van der Waals surface area contributed by atoms with E-state index in [0.717, 1.165) is 29.9 Å². The fourth-order valence-electron chi connectivity index (χ4n) is 10.6. The van der Waals surface area contributed by atoms with Gasteiger partial charge in [-0.3, -0.25) is 0 Å². The SMILES string of the molecule is CC1C=Cc2c(c(-c3ccccc3)c3ccccc3c2-c2ccc(N(c3ccc(C4=Cc5c(n(-c6ccccc6)c6ccccc56)CC4C)cc3)c3ccc(C(C)(C)C)cc3)cc2)C1. The van der Waals surface area contributed by atoms with Crippen LogP contribution in [0, 0.1) is 11.8 Å². The highest BCUT2D eigenvalue weighted by atomic mass is 15.1. The van der Waals surface area contributed by atoms with Crippen LogP contribution in [0.15, 0.2) is 188 Å². The Bertz CT molecular complexity index is 3230. The molecule has 312 valence electrons. The average molecular weight is 827 g/mol. The van der Waals surface area contributed by atoms with Crippen molar-refractivity contribution in [3.63, 3.8) is 0 Å². The minimum absolute atomic E-state index is 0.0640. The molecule has 0 saturated heterocycles. The van der Waals surface area contributed by atoms with Gasteiger partial charge in [-0.1, -0.05) is 174 Å². The topological polar surface area (TPSA) is 8.17 Å². The van der Waals surface area contributed by atoms with Gasteiger partial charge < -0.3 is 9.47 Å². The molecule has 0 spiro atoms. The van der Waals surface area contributed by atoms with Gasteiger partial charge in [0.15, 0.2) is 0 Å².